The van der Waals surface area contributed by atoms with E-state index in [0.29, 0.717) is 22.7 Å². The van der Waals surface area contributed by atoms with Gasteiger partial charge in [0.15, 0.2) is 0 Å². The normalized spacial score (nSPS) is 28.1. The number of halogens is 1. The second-order valence-electron chi connectivity index (χ2n) is 6.02. The molecule has 1 heterocycles. The maximum atomic E-state index is 5.98. The van der Waals surface area contributed by atoms with Crippen LogP contribution >= 0.6 is 11.6 Å². The van der Waals surface area contributed by atoms with Gasteiger partial charge in [0.25, 0.3) is 0 Å². The van der Waals surface area contributed by atoms with Crippen LogP contribution in [-0.2, 0) is 4.74 Å². The van der Waals surface area contributed by atoms with Gasteiger partial charge in [0, 0.05) is 18.1 Å². The van der Waals surface area contributed by atoms with Gasteiger partial charge in [-0.3, -0.25) is 0 Å². The Hall–Kier alpha value is -0.800. The quantitative estimate of drug-likeness (QED) is 0.842. The van der Waals surface area contributed by atoms with Crippen molar-refractivity contribution >= 4 is 17.4 Å². The first kappa shape index (κ1) is 14.2. The number of hydrogen-bond donors (Lipinski definition) is 1. The number of pyridine rings is 1. The van der Waals surface area contributed by atoms with Crippen molar-refractivity contribution in [3.63, 3.8) is 0 Å². The van der Waals surface area contributed by atoms with Crippen LogP contribution in [0, 0.1) is 5.41 Å². The standard InChI is InChI=1S/C16H23ClN2O/c1-2-20-13-11-12(16(13)9-4-3-5-10-16)18-15-8-6-7-14(17)19-15/h6-8,12-13H,2-5,9-11H2,1H3,(H,18,19). The first-order chi connectivity index (χ1) is 9.74. The van der Waals surface area contributed by atoms with Crippen LogP contribution in [0.1, 0.15) is 45.4 Å². The van der Waals surface area contributed by atoms with Gasteiger partial charge in [-0.2, -0.15) is 0 Å². The van der Waals surface area contributed by atoms with E-state index in [1.54, 1.807) is 0 Å². The third kappa shape index (κ3) is 2.53. The van der Waals surface area contributed by atoms with Gasteiger partial charge in [-0.15, -0.1) is 0 Å². The molecule has 0 saturated heterocycles. The molecule has 1 spiro atoms. The Labute approximate surface area is 126 Å². The average molecular weight is 295 g/mol. The molecule has 0 amide bonds. The van der Waals surface area contributed by atoms with E-state index in [0.717, 1.165) is 18.8 Å². The molecule has 2 aliphatic carbocycles. The van der Waals surface area contributed by atoms with Crippen LogP contribution in [0.4, 0.5) is 5.82 Å². The van der Waals surface area contributed by atoms with E-state index >= 15 is 0 Å². The molecule has 110 valence electrons. The summed E-state index contributed by atoms with van der Waals surface area (Å²) in [4.78, 5) is 4.36. The van der Waals surface area contributed by atoms with E-state index in [-0.39, 0.29) is 0 Å². The summed E-state index contributed by atoms with van der Waals surface area (Å²) in [6.07, 6.45) is 8.07. The molecular formula is C16H23ClN2O. The molecule has 1 aromatic rings. The lowest BCUT2D eigenvalue weighted by Gasteiger charge is -2.57. The van der Waals surface area contributed by atoms with Gasteiger partial charge in [-0.25, -0.2) is 4.98 Å². The van der Waals surface area contributed by atoms with Gasteiger partial charge in [0.1, 0.15) is 11.0 Å². The number of aromatic nitrogens is 1. The Bertz CT molecular complexity index is 460. The molecule has 3 nitrogen and oxygen atoms in total. The van der Waals surface area contributed by atoms with Crippen LogP contribution in [0.25, 0.3) is 0 Å². The number of rotatable bonds is 4. The van der Waals surface area contributed by atoms with Crippen molar-refractivity contribution in [2.24, 2.45) is 5.41 Å². The van der Waals surface area contributed by atoms with Gasteiger partial charge >= 0.3 is 0 Å². The fourth-order valence-corrected chi connectivity index (χ4v) is 4.10. The highest BCUT2D eigenvalue weighted by molar-refractivity contribution is 6.29. The molecule has 2 atom stereocenters. The summed E-state index contributed by atoms with van der Waals surface area (Å²) < 4.78 is 5.98. The van der Waals surface area contributed by atoms with Crippen molar-refractivity contribution in [3.8, 4) is 0 Å². The lowest BCUT2D eigenvalue weighted by Crippen LogP contribution is -2.62. The van der Waals surface area contributed by atoms with Crippen molar-refractivity contribution in [3.05, 3.63) is 23.4 Å². The third-order valence-corrected chi connectivity index (χ3v) is 5.19. The second kappa shape index (κ2) is 5.90. The van der Waals surface area contributed by atoms with E-state index in [1.807, 2.05) is 18.2 Å². The zero-order chi connectivity index (χ0) is 14.0. The summed E-state index contributed by atoms with van der Waals surface area (Å²) >= 11 is 5.97. The van der Waals surface area contributed by atoms with Crippen LogP contribution in [-0.4, -0.2) is 23.7 Å². The number of nitrogens with one attached hydrogen (secondary N) is 1. The molecule has 3 rings (SSSR count). The van der Waals surface area contributed by atoms with Gasteiger partial charge in [0.05, 0.1) is 6.10 Å². The minimum absolute atomic E-state index is 0.318. The lowest BCUT2D eigenvalue weighted by molar-refractivity contribution is -0.134. The highest BCUT2D eigenvalue weighted by atomic mass is 35.5. The van der Waals surface area contributed by atoms with Crippen molar-refractivity contribution in [2.45, 2.75) is 57.6 Å². The maximum Gasteiger partial charge on any atom is 0.131 e. The minimum atomic E-state index is 0.318. The molecule has 0 radical (unpaired) electrons. The topological polar surface area (TPSA) is 34.1 Å². The molecule has 1 aromatic heterocycles. The number of anilines is 1. The number of hydrogen-bond acceptors (Lipinski definition) is 3. The van der Waals surface area contributed by atoms with Crippen molar-refractivity contribution in [2.75, 3.05) is 11.9 Å². The molecule has 1 N–H and O–H groups in total. The van der Waals surface area contributed by atoms with Gasteiger partial charge in [-0.1, -0.05) is 36.9 Å². The predicted octanol–water partition coefficient (Wildman–Crippen LogP) is 4.27. The Morgan fingerprint density at radius 2 is 2.15 bits per heavy atom. The molecule has 0 aliphatic heterocycles. The SMILES string of the molecule is CCOC1CC(Nc2cccc(Cl)n2)C12CCCCC2. The largest absolute Gasteiger partial charge is 0.378 e. The van der Waals surface area contributed by atoms with Gasteiger partial charge in [0.2, 0.25) is 0 Å². The fraction of sp³-hybridized carbons (Fsp3) is 0.688. The Morgan fingerprint density at radius 1 is 1.35 bits per heavy atom. The number of ether oxygens (including phenoxy) is 1. The molecule has 0 bridgehead atoms. The second-order valence-corrected chi connectivity index (χ2v) is 6.40. The van der Waals surface area contributed by atoms with Crippen molar-refractivity contribution < 1.29 is 4.74 Å². The summed E-state index contributed by atoms with van der Waals surface area (Å²) in [6.45, 7) is 2.91. The Balaban J connectivity index is 1.73. The van der Waals surface area contributed by atoms with E-state index in [9.17, 15) is 0 Å². The number of nitrogens with zero attached hydrogens (tertiary/aromatic N) is 1. The van der Waals surface area contributed by atoms with Crippen LogP contribution < -0.4 is 5.32 Å². The molecule has 2 saturated carbocycles. The summed E-state index contributed by atoms with van der Waals surface area (Å²) in [5.41, 5.74) is 0.318. The van der Waals surface area contributed by atoms with Crippen LogP contribution in [0.15, 0.2) is 18.2 Å². The van der Waals surface area contributed by atoms with Gasteiger partial charge in [-0.05, 0) is 38.3 Å². The highest BCUT2D eigenvalue weighted by Crippen LogP contribution is 2.54. The van der Waals surface area contributed by atoms with E-state index in [2.05, 4.69) is 17.2 Å². The smallest absolute Gasteiger partial charge is 0.131 e. The van der Waals surface area contributed by atoms with Crippen LogP contribution in [0.3, 0.4) is 0 Å². The first-order valence-electron chi connectivity index (χ1n) is 7.75. The van der Waals surface area contributed by atoms with Crippen LogP contribution in [0.5, 0.6) is 0 Å². The summed E-state index contributed by atoms with van der Waals surface area (Å²) in [5, 5.41) is 4.14. The molecule has 2 unspecified atom stereocenters. The van der Waals surface area contributed by atoms with Crippen molar-refractivity contribution in [1.82, 2.24) is 4.98 Å². The molecule has 20 heavy (non-hydrogen) atoms. The Kier molecular flexibility index (Phi) is 4.18. The predicted molar refractivity (Wildman–Crippen MR) is 82.2 cm³/mol. The zero-order valence-corrected chi connectivity index (χ0v) is 12.8. The zero-order valence-electron chi connectivity index (χ0n) is 12.1. The molecule has 2 fully saturated rings. The maximum absolute atomic E-state index is 5.98. The Morgan fingerprint density at radius 3 is 2.85 bits per heavy atom. The average Bonchev–Trinajstić information content (AvgIpc) is 2.47. The van der Waals surface area contributed by atoms with Crippen molar-refractivity contribution in [1.29, 1.82) is 0 Å². The first-order valence-corrected chi connectivity index (χ1v) is 8.13. The third-order valence-electron chi connectivity index (χ3n) is 4.97. The van der Waals surface area contributed by atoms with Crippen LogP contribution in [0.2, 0.25) is 5.15 Å². The molecule has 4 heteroatoms. The van der Waals surface area contributed by atoms with E-state index in [1.165, 1.54) is 32.1 Å². The summed E-state index contributed by atoms with van der Waals surface area (Å²) in [6, 6.07) is 6.23. The summed E-state index contributed by atoms with van der Waals surface area (Å²) in [5.74, 6) is 0.891. The molecule has 0 aromatic carbocycles. The molecule has 2 aliphatic rings. The minimum Gasteiger partial charge on any atom is -0.378 e. The van der Waals surface area contributed by atoms with Gasteiger partial charge < -0.3 is 10.1 Å². The lowest BCUT2D eigenvalue weighted by atomic mass is 9.55. The fourth-order valence-electron chi connectivity index (χ4n) is 3.93. The van der Waals surface area contributed by atoms with E-state index < -0.39 is 0 Å². The summed E-state index contributed by atoms with van der Waals surface area (Å²) in [7, 11) is 0. The molecular weight excluding hydrogens is 272 g/mol. The van der Waals surface area contributed by atoms with E-state index in [4.69, 9.17) is 16.3 Å². The monoisotopic (exact) mass is 294 g/mol. The highest BCUT2D eigenvalue weighted by Gasteiger charge is 2.55.